The minimum atomic E-state index is -3.80. The number of carbonyl (C=O) groups is 2. The zero-order valence-corrected chi connectivity index (χ0v) is 15.6. The average Bonchev–Trinajstić information content (AvgIpc) is 2.62. The number of hydrogen-bond acceptors (Lipinski definition) is 5. The highest BCUT2D eigenvalue weighted by Crippen LogP contribution is 2.22. The molecule has 0 aliphatic heterocycles. The minimum absolute atomic E-state index is 0.136. The first-order valence-corrected chi connectivity index (χ1v) is 9.78. The van der Waals surface area contributed by atoms with E-state index in [0.29, 0.717) is 0 Å². The van der Waals surface area contributed by atoms with Crippen LogP contribution < -0.4 is 9.62 Å². The van der Waals surface area contributed by atoms with Crippen molar-refractivity contribution in [2.45, 2.75) is 6.42 Å². The Morgan fingerprint density at radius 3 is 2.37 bits per heavy atom. The van der Waals surface area contributed by atoms with Gasteiger partial charge in [0.2, 0.25) is 15.9 Å². The van der Waals surface area contributed by atoms with Crippen molar-refractivity contribution in [3.63, 3.8) is 0 Å². The molecule has 2 rings (SSSR count). The van der Waals surface area contributed by atoms with E-state index in [1.165, 1.54) is 37.4 Å². The van der Waals surface area contributed by atoms with E-state index in [4.69, 9.17) is 0 Å². The van der Waals surface area contributed by atoms with Gasteiger partial charge < -0.3 is 10.1 Å². The zero-order chi connectivity index (χ0) is 20.0. The van der Waals surface area contributed by atoms with E-state index in [-0.39, 0.29) is 29.9 Å². The van der Waals surface area contributed by atoms with Crippen LogP contribution in [0.3, 0.4) is 0 Å². The molecular weight excluding hydrogens is 375 g/mol. The summed E-state index contributed by atoms with van der Waals surface area (Å²) in [5.74, 6) is -1.86. The fraction of sp³-hybridized carbons (Fsp3) is 0.222. The molecule has 0 aliphatic rings. The number of nitrogens with one attached hydrogen (secondary N) is 1. The molecule has 0 fully saturated rings. The lowest BCUT2D eigenvalue weighted by molar-refractivity contribution is -0.116. The summed E-state index contributed by atoms with van der Waals surface area (Å²) < 4.78 is 43.5. The maximum Gasteiger partial charge on any atom is 0.339 e. The molecule has 27 heavy (non-hydrogen) atoms. The lowest BCUT2D eigenvalue weighted by Gasteiger charge is -2.22. The number of methoxy groups -OCH3 is 1. The van der Waals surface area contributed by atoms with Crippen LogP contribution in [0.25, 0.3) is 0 Å². The van der Waals surface area contributed by atoms with Crippen molar-refractivity contribution in [3.8, 4) is 0 Å². The fourth-order valence-corrected chi connectivity index (χ4v) is 3.34. The molecule has 0 unspecified atom stereocenters. The molecule has 1 N–H and O–H groups in total. The van der Waals surface area contributed by atoms with Gasteiger partial charge in [0.05, 0.1) is 30.3 Å². The van der Waals surface area contributed by atoms with Gasteiger partial charge in [-0.3, -0.25) is 9.10 Å². The maximum absolute atomic E-state index is 14.0. The van der Waals surface area contributed by atoms with Crippen LogP contribution in [0.2, 0.25) is 0 Å². The largest absolute Gasteiger partial charge is 0.465 e. The number of halogens is 1. The van der Waals surface area contributed by atoms with Crippen molar-refractivity contribution < 1.29 is 27.1 Å². The number of sulfonamides is 1. The fourth-order valence-electron chi connectivity index (χ4n) is 2.41. The van der Waals surface area contributed by atoms with Gasteiger partial charge in [-0.05, 0) is 24.3 Å². The molecule has 0 atom stereocenters. The number of carbonyl (C=O) groups excluding carboxylic acids is 2. The van der Waals surface area contributed by atoms with Crippen molar-refractivity contribution >= 4 is 33.3 Å². The number of anilines is 2. The van der Waals surface area contributed by atoms with E-state index >= 15 is 0 Å². The summed E-state index contributed by atoms with van der Waals surface area (Å²) in [5.41, 5.74) is 0.274. The lowest BCUT2D eigenvalue weighted by atomic mass is 10.1. The Balaban J connectivity index is 2.14. The molecule has 2 aromatic rings. The van der Waals surface area contributed by atoms with Gasteiger partial charge >= 0.3 is 5.97 Å². The monoisotopic (exact) mass is 394 g/mol. The topological polar surface area (TPSA) is 92.8 Å². The van der Waals surface area contributed by atoms with Crippen molar-refractivity contribution in [1.82, 2.24) is 0 Å². The molecule has 0 aromatic heterocycles. The standard InChI is InChI=1S/C18H19FN2O5S/c1-26-18(23)13-7-3-5-9-15(13)20-17(22)11-12-21(27(2,24)25)16-10-6-4-8-14(16)19/h3-10H,11-12H2,1-2H3,(H,20,22). The third kappa shape index (κ3) is 5.27. The van der Waals surface area contributed by atoms with Gasteiger partial charge in [0.15, 0.2) is 0 Å². The van der Waals surface area contributed by atoms with E-state index in [2.05, 4.69) is 10.1 Å². The van der Waals surface area contributed by atoms with Crippen LogP contribution in [-0.4, -0.2) is 40.2 Å². The molecule has 144 valence electrons. The number of hydrogen-bond donors (Lipinski definition) is 1. The van der Waals surface area contributed by atoms with E-state index < -0.39 is 27.7 Å². The third-order valence-electron chi connectivity index (χ3n) is 3.67. The summed E-state index contributed by atoms with van der Waals surface area (Å²) in [6, 6.07) is 11.7. The van der Waals surface area contributed by atoms with Crippen molar-refractivity contribution in [2.75, 3.05) is 29.5 Å². The van der Waals surface area contributed by atoms with Gasteiger partial charge in [-0.25, -0.2) is 17.6 Å². The third-order valence-corrected chi connectivity index (χ3v) is 4.85. The highest BCUT2D eigenvalue weighted by atomic mass is 32.2. The number of para-hydroxylation sites is 2. The van der Waals surface area contributed by atoms with Crippen molar-refractivity contribution in [3.05, 3.63) is 59.9 Å². The highest BCUT2D eigenvalue weighted by molar-refractivity contribution is 7.92. The normalized spacial score (nSPS) is 10.9. The highest BCUT2D eigenvalue weighted by Gasteiger charge is 2.22. The maximum atomic E-state index is 14.0. The second kappa shape index (κ2) is 8.63. The number of amides is 1. The van der Waals surface area contributed by atoms with E-state index in [1.807, 2.05) is 0 Å². The van der Waals surface area contributed by atoms with E-state index in [9.17, 15) is 22.4 Å². The predicted molar refractivity (Wildman–Crippen MR) is 99.6 cm³/mol. The number of benzene rings is 2. The van der Waals surface area contributed by atoms with Crippen molar-refractivity contribution in [2.24, 2.45) is 0 Å². The molecular formula is C18H19FN2O5S. The Bertz CT molecular complexity index is 946. The smallest absolute Gasteiger partial charge is 0.339 e. The number of nitrogens with zero attached hydrogens (tertiary/aromatic N) is 1. The molecule has 0 radical (unpaired) electrons. The Labute approximate surface area is 156 Å². The Kier molecular flexibility index (Phi) is 6.51. The first-order valence-electron chi connectivity index (χ1n) is 7.93. The summed E-state index contributed by atoms with van der Waals surface area (Å²) >= 11 is 0. The molecule has 0 heterocycles. The Morgan fingerprint density at radius 1 is 1.11 bits per heavy atom. The van der Waals surface area contributed by atoms with Crippen LogP contribution in [-0.2, 0) is 19.6 Å². The average molecular weight is 394 g/mol. The first-order chi connectivity index (χ1) is 12.7. The van der Waals surface area contributed by atoms with Gasteiger partial charge in [-0.15, -0.1) is 0 Å². The van der Waals surface area contributed by atoms with Gasteiger partial charge in [0.25, 0.3) is 0 Å². The second-order valence-corrected chi connectivity index (χ2v) is 7.53. The molecule has 1 amide bonds. The van der Waals surface area contributed by atoms with Crippen LogP contribution in [0, 0.1) is 5.82 Å². The molecule has 0 saturated heterocycles. The quantitative estimate of drug-likeness (QED) is 0.728. The molecule has 2 aromatic carbocycles. The van der Waals surface area contributed by atoms with Crippen molar-refractivity contribution in [1.29, 1.82) is 0 Å². The van der Waals surface area contributed by atoms with Crippen LogP contribution in [0.1, 0.15) is 16.8 Å². The van der Waals surface area contributed by atoms with Crippen LogP contribution in [0.5, 0.6) is 0 Å². The van der Waals surface area contributed by atoms with Gasteiger partial charge in [0.1, 0.15) is 5.82 Å². The Morgan fingerprint density at radius 2 is 1.74 bits per heavy atom. The van der Waals surface area contributed by atoms with Gasteiger partial charge in [-0.2, -0.15) is 0 Å². The summed E-state index contributed by atoms with van der Waals surface area (Å²) in [4.78, 5) is 24.0. The summed E-state index contributed by atoms with van der Waals surface area (Å²) in [5, 5.41) is 2.54. The summed E-state index contributed by atoms with van der Waals surface area (Å²) in [6.07, 6.45) is 0.695. The van der Waals surface area contributed by atoms with Crippen LogP contribution >= 0.6 is 0 Å². The minimum Gasteiger partial charge on any atom is -0.465 e. The van der Waals surface area contributed by atoms with Gasteiger partial charge in [-0.1, -0.05) is 24.3 Å². The SMILES string of the molecule is COC(=O)c1ccccc1NC(=O)CCN(c1ccccc1F)S(C)(=O)=O. The Hall–Kier alpha value is -2.94. The number of ether oxygens (including phenoxy) is 1. The molecule has 9 heteroatoms. The molecule has 0 aliphatic carbocycles. The molecule has 7 nitrogen and oxygen atoms in total. The number of rotatable bonds is 7. The molecule has 0 spiro atoms. The second-order valence-electron chi connectivity index (χ2n) is 5.62. The first kappa shape index (κ1) is 20.4. The number of esters is 1. The van der Waals surface area contributed by atoms with E-state index in [1.54, 1.807) is 12.1 Å². The van der Waals surface area contributed by atoms with Crippen LogP contribution in [0.4, 0.5) is 15.8 Å². The molecule has 0 saturated carbocycles. The van der Waals surface area contributed by atoms with Gasteiger partial charge in [0, 0.05) is 13.0 Å². The predicted octanol–water partition coefficient (Wildman–Crippen LogP) is 2.41. The van der Waals surface area contributed by atoms with E-state index in [0.717, 1.165) is 16.6 Å². The lowest BCUT2D eigenvalue weighted by Crippen LogP contribution is -2.33. The molecule has 0 bridgehead atoms. The summed E-state index contributed by atoms with van der Waals surface area (Å²) in [6.45, 7) is -0.258. The van der Waals surface area contributed by atoms with Crippen LogP contribution in [0.15, 0.2) is 48.5 Å². The summed E-state index contributed by atoms with van der Waals surface area (Å²) in [7, 11) is -2.57. The zero-order valence-electron chi connectivity index (χ0n) is 14.8.